The van der Waals surface area contributed by atoms with Crippen LogP contribution in [0.2, 0.25) is 0 Å². The lowest BCUT2D eigenvalue weighted by molar-refractivity contribution is -0.137. The van der Waals surface area contributed by atoms with Crippen LogP contribution in [0.15, 0.2) is 36.4 Å². The van der Waals surface area contributed by atoms with E-state index in [0.29, 0.717) is 35.6 Å². The van der Waals surface area contributed by atoms with Gasteiger partial charge in [-0.1, -0.05) is 18.2 Å². The fourth-order valence-electron chi connectivity index (χ4n) is 3.20. The molecule has 5 nitrogen and oxygen atoms in total. The maximum atomic E-state index is 13.4. The molecule has 0 fully saturated rings. The number of aryl methyl sites for hydroxylation is 1. The molecule has 2 aromatic carbocycles. The highest BCUT2D eigenvalue weighted by Crippen LogP contribution is 2.41. The van der Waals surface area contributed by atoms with Crippen molar-refractivity contribution in [3.05, 3.63) is 64.5 Å². The van der Waals surface area contributed by atoms with Gasteiger partial charge in [0.05, 0.1) is 11.3 Å². The molecule has 2 aliphatic rings. The van der Waals surface area contributed by atoms with Crippen molar-refractivity contribution in [3.63, 3.8) is 0 Å². The predicted molar refractivity (Wildman–Crippen MR) is 89.0 cm³/mol. The Morgan fingerprint density at radius 2 is 2.00 bits per heavy atom. The van der Waals surface area contributed by atoms with Crippen molar-refractivity contribution in [1.82, 2.24) is 0 Å². The molecule has 2 aliphatic heterocycles. The zero-order valence-electron chi connectivity index (χ0n) is 13.1. The molecule has 1 amide bonds. The van der Waals surface area contributed by atoms with Crippen molar-refractivity contribution in [1.29, 1.82) is 0 Å². The van der Waals surface area contributed by atoms with Gasteiger partial charge in [0.1, 0.15) is 18.2 Å². The molecule has 0 unspecified atom stereocenters. The summed E-state index contributed by atoms with van der Waals surface area (Å²) in [6.45, 7) is 0.318. The van der Waals surface area contributed by atoms with Gasteiger partial charge in [-0.05, 0) is 30.2 Å². The number of carbonyl (C=O) groups excluding carboxylic acids is 1. The van der Waals surface area contributed by atoms with E-state index >= 15 is 0 Å². The van der Waals surface area contributed by atoms with Crippen LogP contribution in [0.3, 0.4) is 0 Å². The monoisotopic (exact) mass is 339 g/mol. The SMILES string of the molecule is O=C(O)CCc1ccc2c(c1)CO/C2=C1/C(=O)Nc2cc(F)ccc21. The summed E-state index contributed by atoms with van der Waals surface area (Å²) >= 11 is 0. The number of hydrogen-bond donors (Lipinski definition) is 2. The first-order valence-corrected chi connectivity index (χ1v) is 7.85. The van der Waals surface area contributed by atoms with E-state index in [4.69, 9.17) is 9.84 Å². The number of ether oxygens (including phenoxy) is 1. The number of rotatable bonds is 3. The van der Waals surface area contributed by atoms with E-state index in [0.717, 1.165) is 16.7 Å². The highest BCUT2D eigenvalue weighted by atomic mass is 19.1. The van der Waals surface area contributed by atoms with E-state index < -0.39 is 11.8 Å². The summed E-state index contributed by atoms with van der Waals surface area (Å²) in [6.07, 6.45) is 0.506. The van der Waals surface area contributed by atoms with Crippen molar-refractivity contribution in [3.8, 4) is 0 Å². The molecule has 0 radical (unpaired) electrons. The Morgan fingerprint density at radius 1 is 1.20 bits per heavy atom. The summed E-state index contributed by atoms with van der Waals surface area (Å²) in [5.74, 6) is -1.10. The molecule has 0 aliphatic carbocycles. The van der Waals surface area contributed by atoms with Gasteiger partial charge < -0.3 is 15.2 Å². The largest absolute Gasteiger partial charge is 0.487 e. The number of halogens is 1. The van der Waals surface area contributed by atoms with Gasteiger partial charge in [0, 0.05) is 23.1 Å². The minimum absolute atomic E-state index is 0.0644. The molecule has 126 valence electrons. The molecule has 6 heteroatoms. The van der Waals surface area contributed by atoms with Gasteiger partial charge in [-0.15, -0.1) is 0 Å². The smallest absolute Gasteiger partial charge is 0.303 e. The molecule has 4 rings (SSSR count). The van der Waals surface area contributed by atoms with E-state index in [2.05, 4.69) is 5.32 Å². The van der Waals surface area contributed by atoms with E-state index in [-0.39, 0.29) is 12.3 Å². The van der Waals surface area contributed by atoms with Gasteiger partial charge in [0.15, 0.2) is 0 Å². The van der Waals surface area contributed by atoms with Crippen LogP contribution >= 0.6 is 0 Å². The fourth-order valence-corrected chi connectivity index (χ4v) is 3.20. The summed E-state index contributed by atoms with van der Waals surface area (Å²) < 4.78 is 19.1. The van der Waals surface area contributed by atoms with Gasteiger partial charge in [-0.25, -0.2) is 4.39 Å². The second-order valence-electron chi connectivity index (χ2n) is 6.02. The fraction of sp³-hybridized carbons (Fsp3) is 0.158. The second kappa shape index (κ2) is 5.73. The highest BCUT2D eigenvalue weighted by Gasteiger charge is 2.32. The Hall–Kier alpha value is -3.15. The summed E-state index contributed by atoms with van der Waals surface area (Å²) in [5.41, 5.74) is 4.07. The maximum absolute atomic E-state index is 13.4. The summed E-state index contributed by atoms with van der Waals surface area (Å²) in [5, 5.41) is 11.5. The van der Waals surface area contributed by atoms with Crippen LogP contribution < -0.4 is 5.32 Å². The van der Waals surface area contributed by atoms with E-state index in [1.807, 2.05) is 18.2 Å². The molecule has 0 atom stereocenters. The summed E-state index contributed by atoms with van der Waals surface area (Å²) in [4.78, 5) is 23.1. The molecular weight excluding hydrogens is 325 g/mol. The minimum Gasteiger partial charge on any atom is -0.487 e. The molecule has 0 saturated carbocycles. The van der Waals surface area contributed by atoms with Crippen LogP contribution in [-0.2, 0) is 27.4 Å². The predicted octanol–water partition coefficient (Wildman–Crippen LogP) is 3.19. The van der Waals surface area contributed by atoms with Crippen LogP contribution in [-0.4, -0.2) is 17.0 Å². The third-order valence-electron chi connectivity index (χ3n) is 4.37. The molecule has 0 saturated heterocycles. The van der Waals surface area contributed by atoms with Crippen molar-refractivity contribution in [2.75, 3.05) is 5.32 Å². The number of anilines is 1. The lowest BCUT2D eigenvalue weighted by Crippen LogP contribution is -2.05. The Bertz CT molecular complexity index is 948. The quantitative estimate of drug-likeness (QED) is 0.842. The molecule has 25 heavy (non-hydrogen) atoms. The average molecular weight is 339 g/mol. The Balaban J connectivity index is 1.75. The highest BCUT2D eigenvalue weighted by molar-refractivity contribution is 6.36. The zero-order chi connectivity index (χ0) is 17.6. The molecular formula is C19H14FNO4. The molecule has 0 bridgehead atoms. The zero-order valence-corrected chi connectivity index (χ0v) is 13.1. The van der Waals surface area contributed by atoms with Crippen LogP contribution in [0.25, 0.3) is 11.3 Å². The van der Waals surface area contributed by atoms with Crippen molar-refractivity contribution in [2.45, 2.75) is 19.4 Å². The van der Waals surface area contributed by atoms with Crippen molar-refractivity contribution in [2.24, 2.45) is 0 Å². The first-order chi connectivity index (χ1) is 12.0. The molecule has 2 heterocycles. The van der Waals surface area contributed by atoms with Crippen LogP contribution in [0.5, 0.6) is 0 Å². The van der Waals surface area contributed by atoms with Crippen LogP contribution in [0.4, 0.5) is 10.1 Å². The lowest BCUT2D eigenvalue weighted by Gasteiger charge is -2.05. The van der Waals surface area contributed by atoms with Crippen molar-refractivity contribution >= 4 is 28.9 Å². The van der Waals surface area contributed by atoms with E-state index in [1.54, 1.807) is 6.07 Å². The molecule has 0 aromatic heterocycles. The number of carboxylic acids is 1. The normalized spacial score (nSPS) is 17.7. The van der Waals surface area contributed by atoms with Gasteiger partial charge >= 0.3 is 5.97 Å². The number of amides is 1. The average Bonchev–Trinajstić information content (AvgIpc) is 3.11. The lowest BCUT2D eigenvalue weighted by atomic mass is 9.98. The Kier molecular flexibility index (Phi) is 3.53. The molecule has 2 aromatic rings. The van der Waals surface area contributed by atoms with Crippen molar-refractivity contribution < 1.29 is 23.8 Å². The Labute approximate surface area is 142 Å². The Morgan fingerprint density at radius 3 is 2.80 bits per heavy atom. The standard InChI is InChI=1S/C19H14FNO4/c20-12-3-5-14-15(8-12)21-19(24)17(14)18-13-4-1-10(2-6-16(22)23)7-11(13)9-25-18/h1,3-5,7-8H,2,6,9H2,(H,21,24)(H,22,23)/b18-17+. The maximum Gasteiger partial charge on any atom is 0.303 e. The van der Waals surface area contributed by atoms with Crippen LogP contribution in [0, 0.1) is 5.82 Å². The number of nitrogens with one attached hydrogen (secondary N) is 1. The van der Waals surface area contributed by atoms with E-state index in [9.17, 15) is 14.0 Å². The molecule has 0 spiro atoms. The number of carbonyl (C=O) groups is 2. The first-order valence-electron chi connectivity index (χ1n) is 7.85. The van der Waals surface area contributed by atoms with Gasteiger partial charge in [0.25, 0.3) is 5.91 Å². The van der Waals surface area contributed by atoms with Crippen LogP contribution in [0.1, 0.15) is 28.7 Å². The van der Waals surface area contributed by atoms with Gasteiger partial charge in [-0.2, -0.15) is 0 Å². The third-order valence-corrected chi connectivity index (χ3v) is 4.37. The number of benzene rings is 2. The number of fused-ring (bicyclic) bond motifs is 2. The number of aliphatic carboxylic acids is 1. The summed E-state index contributed by atoms with van der Waals surface area (Å²) in [6, 6.07) is 9.75. The van der Waals surface area contributed by atoms with Gasteiger partial charge in [0.2, 0.25) is 0 Å². The van der Waals surface area contributed by atoms with E-state index in [1.165, 1.54) is 12.1 Å². The second-order valence-corrected chi connectivity index (χ2v) is 6.02. The number of carboxylic acid groups (broad SMARTS) is 1. The minimum atomic E-state index is -0.842. The summed E-state index contributed by atoms with van der Waals surface area (Å²) in [7, 11) is 0. The topological polar surface area (TPSA) is 75.6 Å². The molecule has 2 N–H and O–H groups in total. The van der Waals surface area contributed by atoms with Gasteiger partial charge in [-0.3, -0.25) is 9.59 Å². The first kappa shape index (κ1) is 15.4. The number of hydrogen-bond acceptors (Lipinski definition) is 3. The third kappa shape index (κ3) is 2.65.